The molecule has 3 rings (SSSR count). The Morgan fingerprint density at radius 3 is 2.38 bits per heavy atom. The van der Waals surface area contributed by atoms with Crippen LogP contribution in [0.15, 0.2) is 0 Å². The van der Waals surface area contributed by atoms with E-state index in [1.165, 1.54) is 19.3 Å². The summed E-state index contributed by atoms with van der Waals surface area (Å²) < 4.78 is 0. The number of carbonyl (C=O) groups excluding carboxylic acids is 1. The number of carbonyl (C=O) groups is 1. The molecule has 1 spiro atoms. The zero-order valence-electron chi connectivity index (χ0n) is 8.39. The third-order valence-electron chi connectivity index (χ3n) is 5.10. The first-order valence-electron chi connectivity index (χ1n) is 5.37. The van der Waals surface area contributed by atoms with E-state index in [4.69, 9.17) is 0 Å². The van der Waals surface area contributed by atoms with Gasteiger partial charge in [0, 0.05) is 0 Å². The fourth-order valence-electron chi connectivity index (χ4n) is 4.09. The van der Waals surface area contributed by atoms with Crippen molar-refractivity contribution in [2.24, 2.45) is 17.3 Å². The van der Waals surface area contributed by atoms with Crippen LogP contribution in [-0.4, -0.2) is 11.4 Å². The summed E-state index contributed by atoms with van der Waals surface area (Å²) in [5, 5.41) is 3.20. The molecule has 1 saturated heterocycles. The quantitative estimate of drug-likeness (QED) is 0.563. The molecule has 0 radical (unpaired) electrons. The van der Waals surface area contributed by atoms with Crippen LogP contribution in [0.2, 0.25) is 0 Å². The third kappa shape index (κ3) is 0.660. The van der Waals surface area contributed by atoms with Gasteiger partial charge in [0.05, 0.1) is 12.0 Å². The van der Waals surface area contributed by atoms with Crippen LogP contribution in [-0.2, 0) is 4.79 Å². The van der Waals surface area contributed by atoms with Gasteiger partial charge in [0.1, 0.15) is 0 Å². The molecule has 0 aromatic heterocycles. The van der Waals surface area contributed by atoms with Crippen molar-refractivity contribution in [2.45, 2.75) is 45.1 Å². The molecule has 3 aliphatic rings. The number of β-lactam (4-membered cyclic amide) rings is 1. The Bertz CT molecular complexity index is 274. The molecule has 72 valence electrons. The van der Waals surface area contributed by atoms with Crippen LogP contribution in [0.25, 0.3) is 0 Å². The summed E-state index contributed by atoms with van der Waals surface area (Å²) in [5.74, 6) is 1.91. The van der Waals surface area contributed by atoms with E-state index in [1.54, 1.807) is 0 Å². The van der Waals surface area contributed by atoms with E-state index in [2.05, 4.69) is 19.2 Å². The first-order valence-corrected chi connectivity index (χ1v) is 5.37. The van der Waals surface area contributed by atoms with E-state index < -0.39 is 0 Å². The Labute approximate surface area is 79.1 Å². The highest BCUT2D eigenvalue weighted by Crippen LogP contribution is 2.64. The van der Waals surface area contributed by atoms with Crippen molar-refractivity contribution in [3.63, 3.8) is 0 Å². The lowest BCUT2D eigenvalue weighted by Crippen LogP contribution is -2.70. The van der Waals surface area contributed by atoms with Crippen LogP contribution in [0.4, 0.5) is 0 Å². The highest BCUT2D eigenvalue weighted by Gasteiger charge is 2.67. The van der Waals surface area contributed by atoms with Crippen molar-refractivity contribution in [2.75, 3.05) is 0 Å². The number of hydrogen-bond acceptors (Lipinski definition) is 1. The predicted octanol–water partition coefficient (Wildman–Crippen LogP) is 1.70. The minimum absolute atomic E-state index is 0.201. The lowest BCUT2D eigenvalue weighted by atomic mass is 9.58. The van der Waals surface area contributed by atoms with Gasteiger partial charge in [0.15, 0.2) is 0 Å². The zero-order valence-corrected chi connectivity index (χ0v) is 8.39. The van der Waals surface area contributed by atoms with Crippen LogP contribution in [0.1, 0.15) is 39.5 Å². The summed E-state index contributed by atoms with van der Waals surface area (Å²) in [6.07, 6.45) is 4.87. The second kappa shape index (κ2) is 1.94. The van der Waals surface area contributed by atoms with Gasteiger partial charge < -0.3 is 5.32 Å². The minimum Gasteiger partial charge on any atom is -0.349 e. The van der Waals surface area contributed by atoms with Crippen LogP contribution in [0.3, 0.4) is 0 Å². The number of rotatable bonds is 0. The first kappa shape index (κ1) is 7.84. The van der Waals surface area contributed by atoms with E-state index in [9.17, 15) is 4.79 Å². The molecule has 2 nitrogen and oxygen atoms in total. The lowest BCUT2D eigenvalue weighted by Gasteiger charge is -2.55. The molecule has 1 aliphatic heterocycles. The number of hydrogen-bond donors (Lipinski definition) is 1. The monoisotopic (exact) mass is 179 g/mol. The summed E-state index contributed by atoms with van der Waals surface area (Å²) in [6, 6.07) is 0. The van der Waals surface area contributed by atoms with Crippen LogP contribution in [0.5, 0.6) is 0 Å². The van der Waals surface area contributed by atoms with E-state index in [0.717, 1.165) is 18.3 Å². The Morgan fingerprint density at radius 1 is 1.31 bits per heavy atom. The second-order valence-electron chi connectivity index (χ2n) is 5.62. The molecule has 2 heteroatoms. The van der Waals surface area contributed by atoms with Crippen molar-refractivity contribution in [1.29, 1.82) is 0 Å². The van der Waals surface area contributed by atoms with Gasteiger partial charge in [-0.2, -0.15) is 0 Å². The molecule has 0 aromatic rings. The van der Waals surface area contributed by atoms with Crippen molar-refractivity contribution < 1.29 is 4.79 Å². The molecule has 2 bridgehead atoms. The Balaban J connectivity index is 2.00. The molecular weight excluding hydrogens is 162 g/mol. The molecule has 2 aliphatic carbocycles. The average molecular weight is 179 g/mol. The SMILES string of the molecule is CC1(C)C2CCC(C2)C12CC(=O)N2. The van der Waals surface area contributed by atoms with Gasteiger partial charge in [-0.3, -0.25) is 4.79 Å². The molecule has 1 N–H and O–H groups in total. The average Bonchev–Trinajstić information content (AvgIpc) is 2.50. The highest BCUT2D eigenvalue weighted by atomic mass is 16.2. The minimum atomic E-state index is 0.201. The summed E-state index contributed by atoms with van der Waals surface area (Å²) in [5.41, 5.74) is 0.552. The maximum Gasteiger partial charge on any atom is 0.222 e. The summed E-state index contributed by atoms with van der Waals surface area (Å²) in [4.78, 5) is 11.1. The summed E-state index contributed by atoms with van der Waals surface area (Å²) in [6.45, 7) is 4.69. The smallest absolute Gasteiger partial charge is 0.222 e. The van der Waals surface area contributed by atoms with Crippen molar-refractivity contribution in [3.05, 3.63) is 0 Å². The maximum absolute atomic E-state index is 11.1. The van der Waals surface area contributed by atoms with E-state index in [0.29, 0.717) is 5.41 Å². The van der Waals surface area contributed by atoms with E-state index in [1.807, 2.05) is 0 Å². The van der Waals surface area contributed by atoms with Gasteiger partial charge in [-0.1, -0.05) is 13.8 Å². The van der Waals surface area contributed by atoms with Crippen molar-refractivity contribution in [3.8, 4) is 0 Å². The number of amides is 1. The summed E-state index contributed by atoms with van der Waals surface area (Å²) in [7, 11) is 0. The van der Waals surface area contributed by atoms with E-state index >= 15 is 0 Å². The van der Waals surface area contributed by atoms with Crippen molar-refractivity contribution in [1.82, 2.24) is 5.32 Å². The molecule has 1 amide bonds. The zero-order chi connectivity index (χ0) is 9.27. The highest BCUT2D eigenvalue weighted by molar-refractivity contribution is 5.85. The van der Waals surface area contributed by atoms with Crippen molar-refractivity contribution >= 4 is 5.91 Å². The van der Waals surface area contributed by atoms with Gasteiger partial charge >= 0.3 is 0 Å². The molecule has 0 aromatic carbocycles. The lowest BCUT2D eigenvalue weighted by molar-refractivity contribution is -0.142. The summed E-state index contributed by atoms with van der Waals surface area (Å²) >= 11 is 0. The number of nitrogens with one attached hydrogen (secondary N) is 1. The van der Waals surface area contributed by atoms with E-state index in [-0.39, 0.29) is 11.4 Å². The third-order valence-corrected chi connectivity index (χ3v) is 5.10. The van der Waals surface area contributed by atoms with Crippen LogP contribution in [0, 0.1) is 17.3 Å². The Kier molecular flexibility index (Phi) is 1.17. The topological polar surface area (TPSA) is 29.1 Å². The van der Waals surface area contributed by atoms with Gasteiger partial charge in [0.2, 0.25) is 5.91 Å². The molecule has 3 unspecified atom stereocenters. The second-order valence-corrected chi connectivity index (χ2v) is 5.62. The van der Waals surface area contributed by atoms with Gasteiger partial charge in [0.25, 0.3) is 0 Å². The predicted molar refractivity (Wildman–Crippen MR) is 50.1 cm³/mol. The molecule has 1 heterocycles. The normalized spacial score (nSPS) is 50.8. The van der Waals surface area contributed by atoms with Gasteiger partial charge in [-0.05, 0) is 36.5 Å². The Morgan fingerprint density at radius 2 is 1.92 bits per heavy atom. The molecule has 3 atom stereocenters. The standard InChI is InChI=1S/C11H17NO/c1-10(2)7-3-4-8(5-7)11(10)6-9(13)12-11/h7-8H,3-6H2,1-2H3,(H,12,13). The van der Waals surface area contributed by atoms with Crippen LogP contribution < -0.4 is 5.32 Å². The largest absolute Gasteiger partial charge is 0.349 e. The van der Waals surface area contributed by atoms with Crippen LogP contribution >= 0.6 is 0 Å². The Hall–Kier alpha value is -0.530. The number of fused-ring (bicyclic) bond motifs is 3. The van der Waals surface area contributed by atoms with Gasteiger partial charge in [-0.25, -0.2) is 0 Å². The fraction of sp³-hybridized carbons (Fsp3) is 0.909. The first-order chi connectivity index (χ1) is 6.06. The fourth-order valence-corrected chi connectivity index (χ4v) is 4.09. The molecular formula is C11H17NO. The maximum atomic E-state index is 11.1. The van der Waals surface area contributed by atoms with Gasteiger partial charge in [-0.15, -0.1) is 0 Å². The molecule has 2 saturated carbocycles. The molecule has 13 heavy (non-hydrogen) atoms. The molecule has 3 fully saturated rings.